The molecule has 0 bridgehead atoms. The van der Waals surface area contributed by atoms with Crippen LogP contribution in [0.1, 0.15) is 46.0 Å². The first-order chi connectivity index (χ1) is 7.16. The fourth-order valence-electron chi connectivity index (χ4n) is 1.49. The lowest BCUT2D eigenvalue weighted by molar-refractivity contribution is 0.0945. The van der Waals surface area contributed by atoms with Crippen molar-refractivity contribution in [3.63, 3.8) is 0 Å². The first kappa shape index (κ1) is 14.9. The van der Waals surface area contributed by atoms with Gasteiger partial charge in [0.05, 0.1) is 12.7 Å². The first-order valence-corrected chi connectivity index (χ1v) is 6.16. The molecule has 0 fully saturated rings. The minimum absolute atomic E-state index is 0.151. The number of aliphatic hydroxyl groups excluding tert-OH is 2. The summed E-state index contributed by atoms with van der Waals surface area (Å²) in [5.41, 5.74) is 0. The van der Waals surface area contributed by atoms with Crippen LogP contribution >= 0.6 is 0 Å². The van der Waals surface area contributed by atoms with E-state index in [1.807, 2.05) is 0 Å². The second-order valence-electron chi connectivity index (χ2n) is 4.64. The molecule has 3 nitrogen and oxygen atoms in total. The summed E-state index contributed by atoms with van der Waals surface area (Å²) in [4.78, 5) is 0. The molecule has 0 aliphatic carbocycles. The highest BCUT2D eigenvalue weighted by atomic mass is 16.3. The Balaban J connectivity index is 2.99. The van der Waals surface area contributed by atoms with Crippen LogP contribution in [-0.2, 0) is 0 Å². The number of nitrogens with one attached hydrogen (secondary N) is 1. The van der Waals surface area contributed by atoms with Crippen LogP contribution in [0.15, 0.2) is 0 Å². The summed E-state index contributed by atoms with van der Waals surface area (Å²) in [5.74, 6) is 0.822. The number of rotatable bonds is 10. The van der Waals surface area contributed by atoms with Crippen LogP contribution in [-0.4, -0.2) is 36.0 Å². The summed E-state index contributed by atoms with van der Waals surface area (Å²) in [7, 11) is 0. The Kier molecular flexibility index (Phi) is 10.3. The Hall–Kier alpha value is -0.120. The largest absolute Gasteiger partial charge is 0.394 e. The summed E-state index contributed by atoms with van der Waals surface area (Å²) in [6, 6.07) is 0. The molecule has 0 radical (unpaired) electrons. The quantitative estimate of drug-likeness (QED) is 0.486. The van der Waals surface area contributed by atoms with Crippen molar-refractivity contribution in [2.24, 2.45) is 5.92 Å². The molecule has 0 spiro atoms. The van der Waals surface area contributed by atoms with E-state index >= 15 is 0 Å². The molecular formula is C12H27NO2. The monoisotopic (exact) mass is 217 g/mol. The van der Waals surface area contributed by atoms with E-state index in [4.69, 9.17) is 10.2 Å². The van der Waals surface area contributed by atoms with Gasteiger partial charge < -0.3 is 15.5 Å². The third-order valence-electron chi connectivity index (χ3n) is 2.48. The maximum atomic E-state index is 9.05. The predicted octanol–water partition coefficient (Wildman–Crippen LogP) is 1.54. The normalized spacial score (nSPS) is 13.4. The second kappa shape index (κ2) is 10.4. The van der Waals surface area contributed by atoms with Gasteiger partial charge in [0.15, 0.2) is 0 Å². The highest BCUT2D eigenvalue weighted by Crippen LogP contribution is 2.08. The highest BCUT2D eigenvalue weighted by Gasteiger charge is 1.99. The van der Waals surface area contributed by atoms with Crippen molar-refractivity contribution in [1.82, 2.24) is 5.32 Å². The van der Waals surface area contributed by atoms with Crippen LogP contribution < -0.4 is 5.32 Å². The van der Waals surface area contributed by atoms with Crippen molar-refractivity contribution in [3.8, 4) is 0 Å². The van der Waals surface area contributed by atoms with Crippen molar-refractivity contribution in [2.75, 3.05) is 19.7 Å². The van der Waals surface area contributed by atoms with Crippen molar-refractivity contribution < 1.29 is 10.2 Å². The Bertz CT molecular complexity index is 129. The summed E-state index contributed by atoms with van der Waals surface area (Å²) in [5, 5.41) is 20.7. The minimum Gasteiger partial charge on any atom is -0.394 e. The first-order valence-electron chi connectivity index (χ1n) is 6.16. The second-order valence-corrected chi connectivity index (χ2v) is 4.64. The molecule has 1 unspecified atom stereocenters. The Labute approximate surface area is 93.9 Å². The fraction of sp³-hybridized carbons (Fsp3) is 1.00. The van der Waals surface area contributed by atoms with Gasteiger partial charge in [0.25, 0.3) is 0 Å². The van der Waals surface area contributed by atoms with E-state index in [0.29, 0.717) is 6.54 Å². The zero-order valence-electron chi connectivity index (χ0n) is 10.2. The minimum atomic E-state index is -0.606. The third-order valence-corrected chi connectivity index (χ3v) is 2.48. The maximum Gasteiger partial charge on any atom is 0.0894 e. The van der Waals surface area contributed by atoms with Crippen molar-refractivity contribution in [2.45, 2.75) is 52.1 Å². The Morgan fingerprint density at radius 2 is 1.73 bits per heavy atom. The molecule has 1 atom stereocenters. The van der Waals surface area contributed by atoms with E-state index in [9.17, 15) is 0 Å². The van der Waals surface area contributed by atoms with Crippen molar-refractivity contribution in [3.05, 3.63) is 0 Å². The van der Waals surface area contributed by atoms with Gasteiger partial charge in [-0.15, -0.1) is 0 Å². The van der Waals surface area contributed by atoms with E-state index in [1.165, 1.54) is 25.7 Å². The van der Waals surface area contributed by atoms with E-state index in [0.717, 1.165) is 18.9 Å². The molecule has 0 amide bonds. The van der Waals surface area contributed by atoms with Gasteiger partial charge in [-0.05, 0) is 18.9 Å². The van der Waals surface area contributed by atoms with Gasteiger partial charge in [-0.1, -0.05) is 39.5 Å². The van der Waals surface area contributed by atoms with E-state index in [-0.39, 0.29) is 6.61 Å². The van der Waals surface area contributed by atoms with Crippen molar-refractivity contribution >= 4 is 0 Å². The Morgan fingerprint density at radius 1 is 1.07 bits per heavy atom. The molecule has 0 heterocycles. The lowest BCUT2D eigenvalue weighted by atomic mass is 10.0. The molecule has 0 aliphatic rings. The molecule has 0 saturated carbocycles. The lowest BCUT2D eigenvalue weighted by Gasteiger charge is -2.08. The Morgan fingerprint density at radius 3 is 2.33 bits per heavy atom. The fourth-order valence-corrected chi connectivity index (χ4v) is 1.49. The molecule has 3 heteroatoms. The number of hydrogen-bond donors (Lipinski definition) is 3. The van der Waals surface area contributed by atoms with E-state index < -0.39 is 6.10 Å². The van der Waals surface area contributed by atoms with Gasteiger partial charge in [-0.3, -0.25) is 0 Å². The molecule has 0 saturated heterocycles. The van der Waals surface area contributed by atoms with Crippen LogP contribution in [0.2, 0.25) is 0 Å². The van der Waals surface area contributed by atoms with Gasteiger partial charge in [-0.2, -0.15) is 0 Å². The number of aliphatic hydroxyl groups is 2. The van der Waals surface area contributed by atoms with Gasteiger partial charge in [0.2, 0.25) is 0 Å². The van der Waals surface area contributed by atoms with Crippen LogP contribution in [0.25, 0.3) is 0 Å². The molecule has 0 aromatic carbocycles. The predicted molar refractivity (Wildman–Crippen MR) is 63.9 cm³/mol. The third kappa shape index (κ3) is 11.8. The highest BCUT2D eigenvalue weighted by molar-refractivity contribution is 4.57. The van der Waals surface area contributed by atoms with Crippen LogP contribution in [0, 0.1) is 5.92 Å². The average molecular weight is 217 g/mol. The van der Waals surface area contributed by atoms with Crippen LogP contribution in [0.3, 0.4) is 0 Å². The van der Waals surface area contributed by atoms with Crippen LogP contribution in [0.4, 0.5) is 0 Å². The van der Waals surface area contributed by atoms with E-state index in [1.54, 1.807) is 0 Å². The van der Waals surface area contributed by atoms with Gasteiger partial charge in [-0.25, -0.2) is 0 Å². The van der Waals surface area contributed by atoms with E-state index in [2.05, 4.69) is 19.2 Å². The summed E-state index contributed by atoms with van der Waals surface area (Å²) >= 11 is 0. The summed E-state index contributed by atoms with van der Waals surface area (Å²) < 4.78 is 0. The van der Waals surface area contributed by atoms with Crippen molar-refractivity contribution in [1.29, 1.82) is 0 Å². The summed E-state index contributed by atoms with van der Waals surface area (Å²) in [6.45, 7) is 5.82. The average Bonchev–Trinajstić information content (AvgIpc) is 2.21. The molecule has 3 N–H and O–H groups in total. The maximum absolute atomic E-state index is 9.05. The van der Waals surface area contributed by atoms with Gasteiger partial charge in [0.1, 0.15) is 0 Å². The molecule has 0 rings (SSSR count). The lowest BCUT2D eigenvalue weighted by Crippen LogP contribution is -2.29. The van der Waals surface area contributed by atoms with Gasteiger partial charge in [0, 0.05) is 6.54 Å². The molecule has 15 heavy (non-hydrogen) atoms. The molecule has 0 aromatic heterocycles. The SMILES string of the molecule is CC(C)CCCCCCNCC(O)CO. The molecular weight excluding hydrogens is 190 g/mol. The van der Waals surface area contributed by atoms with Crippen LogP contribution in [0.5, 0.6) is 0 Å². The molecule has 92 valence electrons. The zero-order valence-corrected chi connectivity index (χ0v) is 10.2. The molecule has 0 aliphatic heterocycles. The summed E-state index contributed by atoms with van der Waals surface area (Å²) in [6.07, 6.45) is 5.78. The van der Waals surface area contributed by atoms with Gasteiger partial charge >= 0.3 is 0 Å². The molecule has 0 aromatic rings. The standard InChI is InChI=1S/C12H27NO2/c1-11(2)7-5-3-4-6-8-13-9-12(15)10-14/h11-15H,3-10H2,1-2H3. The smallest absolute Gasteiger partial charge is 0.0894 e. The number of hydrogen-bond acceptors (Lipinski definition) is 3. The zero-order chi connectivity index (χ0) is 11.5. The number of unbranched alkanes of at least 4 members (excludes halogenated alkanes) is 3. The topological polar surface area (TPSA) is 52.5 Å².